The molecule has 5 atom stereocenters. The number of Topliss-reactive ketones (excluding diaryl/α,β-unsaturated/α-hetero) is 1. The number of unbranched alkanes of at least 4 members (excludes halogenated alkanes) is 12. The largest absolute Gasteiger partial charge is 0.469 e. The summed E-state index contributed by atoms with van der Waals surface area (Å²) in [5, 5.41) is 20.6. The number of esters is 2. The van der Waals surface area contributed by atoms with Gasteiger partial charge in [-0.25, -0.2) is 4.57 Å². The van der Waals surface area contributed by atoms with E-state index in [-0.39, 0.29) is 43.5 Å². The van der Waals surface area contributed by atoms with Gasteiger partial charge in [-0.15, -0.1) is 0 Å². The average Bonchev–Trinajstić information content (AvgIpc) is 3.41. The molecule has 0 unspecified atom stereocenters. The highest BCUT2D eigenvalue weighted by Crippen LogP contribution is 2.36. The Kier molecular flexibility index (Phi) is 30.1. The Morgan fingerprint density at radius 2 is 1.35 bits per heavy atom. The van der Waals surface area contributed by atoms with Crippen molar-refractivity contribution in [2.45, 2.75) is 180 Å². The Morgan fingerprint density at radius 3 is 2.04 bits per heavy atom. The van der Waals surface area contributed by atoms with Gasteiger partial charge in [0.05, 0.1) is 18.8 Å². The first-order chi connectivity index (χ1) is 26.5. The third kappa shape index (κ3) is 28.6. The summed E-state index contributed by atoms with van der Waals surface area (Å²) in [6.45, 7) is 3.33. The van der Waals surface area contributed by atoms with E-state index in [9.17, 15) is 29.2 Å². The van der Waals surface area contributed by atoms with Crippen molar-refractivity contribution >= 4 is 25.5 Å². The Morgan fingerprint density at radius 1 is 0.764 bits per heavy atom. The Labute approximate surface area is 331 Å². The fourth-order valence-electron chi connectivity index (χ4n) is 6.52. The molecule has 1 fully saturated rings. The average molecular weight is 797 g/mol. The van der Waals surface area contributed by atoms with Crippen LogP contribution in [0.3, 0.4) is 0 Å². The van der Waals surface area contributed by atoms with Gasteiger partial charge in [0.15, 0.2) is 6.10 Å². The third-order valence-corrected chi connectivity index (χ3v) is 10.2. The van der Waals surface area contributed by atoms with Gasteiger partial charge in [-0.3, -0.25) is 18.9 Å². The lowest BCUT2D eigenvalue weighted by Gasteiger charge is -2.18. The van der Waals surface area contributed by atoms with E-state index in [4.69, 9.17) is 19.3 Å². The minimum Gasteiger partial charge on any atom is -0.462 e. The highest BCUT2D eigenvalue weighted by molar-refractivity contribution is 7.46. The lowest BCUT2D eigenvalue weighted by Crippen LogP contribution is -2.29. The lowest BCUT2D eigenvalue weighted by atomic mass is 9.88. The van der Waals surface area contributed by atoms with Gasteiger partial charge in [0.2, 0.25) is 0 Å². The lowest BCUT2D eigenvalue weighted by molar-refractivity contribution is -0.161. The molecule has 12 heteroatoms. The molecule has 0 aromatic rings. The number of allylic oxidation sites excluding steroid dienone is 6. The van der Waals surface area contributed by atoms with E-state index < -0.39 is 44.7 Å². The van der Waals surface area contributed by atoms with Crippen molar-refractivity contribution in [3.63, 3.8) is 0 Å². The van der Waals surface area contributed by atoms with Crippen LogP contribution in [0.25, 0.3) is 0 Å². The van der Waals surface area contributed by atoms with Gasteiger partial charge in [0.25, 0.3) is 0 Å². The van der Waals surface area contributed by atoms with Crippen LogP contribution in [0, 0.1) is 11.8 Å². The molecule has 0 heterocycles. The summed E-state index contributed by atoms with van der Waals surface area (Å²) in [5.41, 5.74) is 0. The topological polar surface area (TPSA) is 177 Å². The summed E-state index contributed by atoms with van der Waals surface area (Å²) < 4.78 is 26.3. The molecule has 55 heavy (non-hydrogen) atoms. The number of hydrogen-bond donors (Lipinski definition) is 4. The van der Waals surface area contributed by atoms with Crippen molar-refractivity contribution in [3.8, 4) is 0 Å². The predicted molar refractivity (Wildman–Crippen MR) is 217 cm³/mol. The molecule has 0 aromatic heterocycles. The summed E-state index contributed by atoms with van der Waals surface area (Å²) in [4.78, 5) is 55.5. The summed E-state index contributed by atoms with van der Waals surface area (Å²) in [7, 11) is -4.83. The second kappa shape index (κ2) is 32.7. The molecule has 1 rings (SSSR count). The Bertz CT molecular complexity index is 1190. The zero-order valence-corrected chi connectivity index (χ0v) is 34.7. The summed E-state index contributed by atoms with van der Waals surface area (Å²) in [5.74, 6) is -1.65. The maximum atomic E-state index is 12.5. The van der Waals surface area contributed by atoms with Crippen molar-refractivity contribution in [2.24, 2.45) is 11.8 Å². The zero-order chi connectivity index (χ0) is 40.6. The smallest absolute Gasteiger partial charge is 0.462 e. The van der Waals surface area contributed by atoms with Gasteiger partial charge in [-0.2, -0.15) is 0 Å². The molecule has 0 bridgehead atoms. The Hall–Kier alpha value is -2.40. The van der Waals surface area contributed by atoms with E-state index >= 15 is 0 Å². The molecule has 1 aliphatic rings. The van der Waals surface area contributed by atoms with Crippen molar-refractivity contribution in [1.82, 2.24) is 0 Å². The number of aliphatic hydroxyl groups excluding tert-OH is 2. The summed E-state index contributed by atoms with van der Waals surface area (Å²) >= 11 is 0. The molecule has 0 saturated heterocycles. The normalized spacial score (nSPS) is 19.0. The van der Waals surface area contributed by atoms with Crippen molar-refractivity contribution in [1.29, 1.82) is 0 Å². The number of ketones is 1. The number of ether oxygens (including phenoxy) is 2. The standard InChI is InChI=1S/C43H73O11P/c1-3-5-7-8-9-10-11-12-13-14-15-16-17-18-19-20-26-30-43(48)54-37(35-53-55(49,50)51)34-52-42(47)29-25-22-21-24-28-38-39(41(46)33-40(38)45)32-31-36(44)27-23-6-4-2/h12-13,15-16,18-19,31-32,36-39,41,44,46H,3-11,14,17,20-30,33-35H2,1-2H3,(H2,49,50,51)/b13-12-,16-15-,19-18-,32-31+/t36-,37+,38+,39+,41+/m0/s1. The minimum atomic E-state index is -4.83. The van der Waals surface area contributed by atoms with E-state index in [1.807, 2.05) is 12.2 Å². The van der Waals surface area contributed by atoms with E-state index in [0.29, 0.717) is 32.1 Å². The molecule has 11 nitrogen and oxygen atoms in total. The number of rotatable bonds is 34. The van der Waals surface area contributed by atoms with Crippen LogP contribution in [0.2, 0.25) is 0 Å². The first-order valence-electron chi connectivity index (χ1n) is 21.0. The van der Waals surface area contributed by atoms with E-state index in [2.05, 4.69) is 42.7 Å². The molecule has 0 amide bonds. The van der Waals surface area contributed by atoms with E-state index in [1.54, 1.807) is 12.2 Å². The Balaban J connectivity index is 2.30. The molecule has 0 aromatic carbocycles. The van der Waals surface area contributed by atoms with E-state index in [1.165, 1.54) is 38.5 Å². The molecule has 1 saturated carbocycles. The molecular formula is C43H73O11P. The van der Waals surface area contributed by atoms with Crippen LogP contribution in [0.15, 0.2) is 48.6 Å². The molecule has 1 aliphatic carbocycles. The van der Waals surface area contributed by atoms with Crippen LogP contribution >= 0.6 is 7.82 Å². The van der Waals surface area contributed by atoms with Gasteiger partial charge < -0.3 is 29.5 Å². The first kappa shape index (κ1) is 50.6. The first-order valence-corrected chi connectivity index (χ1v) is 22.6. The van der Waals surface area contributed by atoms with E-state index in [0.717, 1.165) is 57.8 Å². The molecule has 4 N–H and O–H groups in total. The van der Waals surface area contributed by atoms with Gasteiger partial charge in [0, 0.05) is 31.1 Å². The van der Waals surface area contributed by atoms with Crippen LogP contribution in [0.1, 0.15) is 162 Å². The molecule has 0 spiro atoms. The number of carbonyl (C=O) groups excluding carboxylic acids is 3. The fraction of sp³-hybridized carbons (Fsp3) is 0.744. The second-order valence-electron chi connectivity index (χ2n) is 14.7. The number of carbonyl (C=O) groups is 3. The monoisotopic (exact) mass is 796 g/mol. The second-order valence-corrected chi connectivity index (χ2v) is 16.0. The number of phosphoric ester groups is 1. The SMILES string of the molecule is CCCCCCCC/C=C\C/C=C\C/C=C\CCCC(=O)O[C@H](COC(=O)CCCCCC[C@H]1C(=O)C[C@@H](O)[C@@H]1/C=C/[C@@H](O)CCCCC)COP(=O)(O)O. The van der Waals surface area contributed by atoms with Gasteiger partial charge in [0.1, 0.15) is 12.4 Å². The molecule has 0 aliphatic heterocycles. The minimum absolute atomic E-state index is 0.0390. The van der Waals surface area contributed by atoms with Gasteiger partial charge >= 0.3 is 19.8 Å². The van der Waals surface area contributed by atoms with Crippen LogP contribution in [0.4, 0.5) is 0 Å². The maximum Gasteiger partial charge on any atom is 0.469 e. The van der Waals surface area contributed by atoms with Crippen LogP contribution in [-0.4, -0.2) is 69.2 Å². The number of aliphatic hydroxyl groups is 2. The predicted octanol–water partition coefficient (Wildman–Crippen LogP) is 9.32. The molecule has 316 valence electrons. The highest BCUT2D eigenvalue weighted by Gasteiger charge is 2.39. The van der Waals surface area contributed by atoms with Crippen molar-refractivity contribution < 1.29 is 52.9 Å². The quantitative estimate of drug-likeness (QED) is 0.0211. The van der Waals surface area contributed by atoms with Crippen LogP contribution in [0.5, 0.6) is 0 Å². The maximum absolute atomic E-state index is 12.5. The fourth-order valence-corrected chi connectivity index (χ4v) is 6.88. The van der Waals surface area contributed by atoms with Crippen LogP contribution in [-0.2, 0) is 32.9 Å². The van der Waals surface area contributed by atoms with Gasteiger partial charge in [-0.05, 0) is 57.8 Å². The highest BCUT2D eigenvalue weighted by atomic mass is 31.2. The summed E-state index contributed by atoms with van der Waals surface area (Å²) in [6.07, 6.45) is 33.1. The molecular weight excluding hydrogens is 723 g/mol. The van der Waals surface area contributed by atoms with Crippen molar-refractivity contribution in [3.05, 3.63) is 48.6 Å². The summed E-state index contributed by atoms with van der Waals surface area (Å²) in [6, 6.07) is 0. The third-order valence-electron chi connectivity index (χ3n) is 9.72. The van der Waals surface area contributed by atoms with Gasteiger partial charge in [-0.1, -0.05) is 133 Å². The molecule has 0 radical (unpaired) electrons. The van der Waals surface area contributed by atoms with Crippen molar-refractivity contribution in [2.75, 3.05) is 13.2 Å². The number of hydrogen-bond acceptors (Lipinski definition) is 9. The zero-order valence-electron chi connectivity index (χ0n) is 33.8. The van der Waals surface area contributed by atoms with Crippen LogP contribution < -0.4 is 0 Å². The number of phosphoric acid groups is 1.